The van der Waals surface area contributed by atoms with Crippen LogP contribution in [0.15, 0.2) is 0 Å². The number of carbonyl (C=O) groups is 1. The van der Waals surface area contributed by atoms with Crippen LogP contribution in [0.4, 0.5) is 0 Å². The van der Waals surface area contributed by atoms with Gasteiger partial charge in [-0.15, -0.1) is 0 Å². The van der Waals surface area contributed by atoms with Crippen molar-refractivity contribution in [1.82, 2.24) is 4.90 Å². The molecular weight excluding hydrogens is 262 g/mol. The van der Waals surface area contributed by atoms with Crippen molar-refractivity contribution in [3.05, 3.63) is 0 Å². The molecule has 128 valence electrons. The summed E-state index contributed by atoms with van der Waals surface area (Å²) in [7, 11) is 0. The quantitative estimate of drug-likeness (QED) is 0.545. The molecule has 1 unspecified atom stereocenters. The van der Waals surface area contributed by atoms with Gasteiger partial charge < -0.3 is 4.74 Å². The minimum atomic E-state index is -0.347. The molecule has 1 atom stereocenters. The van der Waals surface area contributed by atoms with E-state index in [1.54, 1.807) is 0 Å². The second-order valence-electron chi connectivity index (χ2n) is 5.90. The number of hydrogen-bond donors (Lipinski definition) is 0. The van der Waals surface area contributed by atoms with Crippen molar-refractivity contribution in [1.29, 1.82) is 0 Å². The Bertz CT molecular complexity index is 248. The highest BCUT2D eigenvalue weighted by Crippen LogP contribution is 2.32. The third-order valence-electron chi connectivity index (χ3n) is 4.20. The van der Waals surface area contributed by atoms with Crippen molar-refractivity contribution in [2.24, 2.45) is 11.3 Å². The number of esters is 1. The molecule has 0 fully saturated rings. The molecule has 0 aromatic carbocycles. The number of carbonyl (C=O) groups excluding carboxylic acids is 1. The van der Waals surface area contributed by atoms with Gasteiger partial charge in [0.15, 0.2) is 0 Å². The molecule has 0 bridgehead atoms. The second kappa shape index (κ2) is 13.1. The van der Waals surface area contributed by atoms with Gasteiger partial charge in [-0.05, 0) is 45.2 Å². The lowest BCUT2D eigenvalue weighted by atomic mass is 9.77. The Balaban J connectivity index is 0. The third kappa shape index (κ3) is 8.45. The van der Waals surface area contributed by atoms with Gasteiger partial charge in [0.25, 0.3) is 0 Å². The normalized spacial score (nSPS) is 13.6. The fraction of sp³-hybridized carbons (Fsp3) is 0.944. The first kappa shape index (κ1) is 22.7. The Morgan fingerprint density at radius 3 is 1.86 bits per heavy atom. The predicted molar refractivity (Wildman–Crippen MR) is 92.6 cm³/mol. The second-order valence-corrected chi connectivity index (χ2v) is 5.90. The zero-order valence-corrected chi connectivity index (χ0v) is 15.8. The minimum Gasteiger partial charge on any atom is -0.464 e. The monoisotopic (exact) mass is 301 g/mol. The summed E-state index contributed by atoms with van der Waals surface area (Å²) in [6.07, 6.45) is 3.12. The lowest BCUT2D eigenvalue weighted by Crippen LogP contribution is -2.36. The first-order valence-corrected chi connectivity index (χ1v) is 8.81. The highest BCUT2D eigenvalue weighted by Gasteiger charge is 2.36. The largest absolute Gasteiger partial charge is 0.464 e. The van der Waals surface area contributed by atoms with Crippen LogP contribution < -0.4 is 0 Å². The lowest BCUT2D eigenvalue weighted by Gasteiger charge is -2.30. The summed E-state index contributed by atoms with van der Waals surface area (Å²) in [6.45, 7) is 20.1. The molecule has 0 spiro atoms. The van der Waals surface area contributed by atoms with Crippen LogP contribution >= 0.6 is 0 Å². The van der Waals surface area contributed by atoms with E-state index in [1.165, 1.54) is 0 Å². The van der Waals surface area contributed by atoms with Crippen molar-refractivity contribution >= 4 is 5.97 Å². The van der Waals surface area contributed by atoms with Crippen LogP contribution in [0.25, 0.3) is 0 Å². The van der Waals surface area contributed by atoms with E-state index in [4.69, 9.17) is 4.74 Å². The summed E-state index contributed by atoms with van der Waals surface area (Å²) in [6, 6.07) is 0. The first-order valence-electron chi connectivity index (χ1n) is 8.81. The SMILES string of the molecule is CC.CCCN(CCC)CCOC(=O)C(C)(CC)C(C)C. The summed E-state index contributed by atoms with van der Waals surface area (Å²) < 4.78 is 5.50. The van der Waals surface area contributed by atoms with E-state index >= 15 is 0 Å². The smallest absolute Gasteiger partial charge is 0.312 e. The van der Waals surface area contributed by atoms with E-state index in [1.807, 2.05) is 20.8 Å². The summed E-state index contributed by atoms with van der Waals surface area (Å²) >= 11 is 0. The van der Waals surface area contributed by atoms with Crippen molar-refractivity contribution < 1.29 is 9.53 Å². The van der Waals surface area contributed by atoms with Crippen LogP contribution in [-0.2, 0) is 9.53 Å². The summed E-state index contributed by atoms with van der Waals surface area (Å²) in [5, 5.41) is 0. The van der Waals surface area contributed by atoms with Crippen molar-refractivity contribution in [3.8, 4) is 0 Å². The number of hydrogen-bond acceptors (Lipinski definition) is 3. The molecule has 0 saturated heterocycles. The van der Waals surface area contributed by atoms with Crippen LogP contribution in [0, 0.1) is 11.3 Å². The van der Waals surface area contributed by atoms with Crippen LogP contribution in [0.5, 0.6) is 0 Å². The Morgan fingerprint density at radius 2 is 1.52 bits per heavy atom. The highest BCUT2D eigenvalue weighted by molar-refractivity contribution is 5.76. The average molecular weight is 302 g/mol. The highest BCUT2D eigenvalue weighted by atomic mass is 16.5. The molecule has 0 N–H and O–H groups in total. The molecule has 0 aliphatic rings. The van der Waals surface area contributed by atoms with Gasteiger partial charge in [-0.25, -0.2) is 0 Å². The summed E-state index contributed by atoms with van der Waals surface area (Å²) in [5.74, 6) is 0.269. The molecule has 3 heteroatoms. The topological polar surface area (TPSA) is 29.5 Å². The van der Waals surface area contributed by atoms with Gasteiger partial charge in [0.05, 0.1) is 5.41 Å². The summed E-state index contributed by atoms with van der Waals surface area (Å²) in [5.41, 5.74) is -0.347. The molecule has 0 aromatic rings. The molecule has 0 radical (unpaired) electrons. The maximum Gasteiger partial charge on any atom is 0.312 e. The third-order valence-corrected chi connectivity index (χ3v) is 4.20. The zero-order chi connectivity index (χ0) is 16.9. The van der Waals surface area contributed by atoms with E-state index in [-0.39, 0.29) is 11.4 Å². The fourth-order valence-corrected chi connectivity index (χ4v) is 2.19. The Kier molecular flexibility index (Phi) is 14.2. The molecule has 0 saturated carbocycles. The Labute approximate surface area is 133 Å². The molecule has 3 nitrogen and oxygen atoms in total. The van der Waals surface area contributed by atoms with Gasteiger partial charge in [-0.1, -0.05) is 48.5 Å². The van der Waals surface area contributed by atoms with Gasteiger partial charge in [0.1, 0.15) is 6.61 Å². The summed E-state index contributed by atoms with van der Waals surface area (Å²) in [4.78, 5) is 14.6. The van der Waals surface area contributed by atoms with Gasteiger partial charge in [-0.2, -0.15) is 0 Å². The standard InChI is InChI=1S/C16H33NO2.C2H6/c1-7-10-17(11-8-2)12-13-19-15(18)16(6,9-3)14(4)5;1-2/h14H,7-13H2,1-6H3;1-2H3. The molecule has 0 heterocycles. The maximum absolute atomic E-state index is 12.2. The van der Waals surface area contributed by atoms with Gasteiger partial charge in [0, 0.05) is 6.54 Å². The van der Waals surface area contributed by atoms with Gasteiger partial charge >= 0.3 is 5.97 Å². The number of nitrogens with zero attached hydrogens (tertiary/aromatic N) is 1. The molecule has 0 aliphatic carbocycles. The molecule has 0 aliphatic heterocycles. The van der Waals surface area contributed by atoms with Crippen molar-refractivity contribution in [2.75, 3.05) is 26.2 Å². The van der Waals surface area contributed by atoms with Gasteiger partial charge in [-0.3, -0.25) is 9.69 Å². The average Bonchev–Trinajstić information content (AvgIpc) is 2.48. The van der Waals surface area contributed by atoms with Crippen LogP contribution in [0.3, 0.4) is 0 Å². The minimum absolute atomic E-state index is 0.0436. The first-order chi connectivity index (χ1) is 9.92. The van der Waals surface area contributed by atoms with E-state index in [2.05, 4.69) is 39.5 Å². The fourth-order valence-electron chi connectivity index (χ4n) is 2.19. The molecule has 0 rings (SSSR count). The lowest BCUT2D eigenvalue weighted by molar-refractivity contribution is -0.158. The van der Waals surface area contributed by atoms with Crippen LogP contribution in [0.1, 0.15) is 74.7 Å². The number of rotatable bonds is 10. The number of ether oxygens (including phenoxy) is 1. The Morgan fingerprint density at radius 1 is 1.05 bits per heavy atom. The van der Waals surface area contributed by atoms with Crippen molar-refractivity contribution in [3.63, 3.8) is 0 Å². The van der Waals surface area contributed by atoms with Crippen LogP contribution in [0.2, 0.25) is 0 Å². The molecular formula is C18H39NO2. The molecule has 21 heavy (non-hydrogen) atoms. The zero-order valence-electron chi connectivity index (χ0n) is 15.8. The van der Waals surface area contributed by atoms with Gasteiger partial charge in [0.2, 0.25) is 0 Å². The van der Waals surface area contributed by atoms with Crippen LogP contribution in [-0.4, -0.2) is 37.1 Å². The maximum atomic E-state index is 12.2. The van der Waals surface area contributed by atoms with E-state index < -0.39 is 0 Å². The molecule has 0 amide bonds. The predicted octanol–water partition coefficient (Wildman–Crippen LogP) is 4.75. The van der Waals surface area contributed by atoms with E-state index in [9.17, 15) is 4.79 Å². The Hall–Kier alpha value is -0.570. The van der Waals surface area contributed by atoms with E-state index in [0.29, 0.717) is 12.5 Å². The van der Waals surface area contributed by atoms with E-state index in [0.717, 1.165) is 38.9 Å². The molecule has 0 aromatic heterocycles. The van der Waals surface area contributed by atoms with Crippen molar-refractivity contribution in [2.45, 2.75) is 74.7 Å².